The zero-order valence-electron chi connectivity index (χ0n) is 21.5. The van der Waals surface area contributed by atoms with Crippen LogP contribution in [0, 0.1) is 6.92 Å². The molecule has 0 saturated carbocycles. The molecule has 0 aliphatic carbocycles. The highest BCUT2D eigenvalue weighted by Crippen LogP contribution is 2.49. The van der Waals surface area contributed by atoms with E-state index >= 15 is 0 Å². The number of nitrogens with zero attached hydrogens (tertiary/aromatic N) is 4. The molecule has 0 aliphatic rings. The number of halogens is 12. The molecule has 0 N–H and O–H groups in total. The van der Waals surface area contributed by atoms with Gasteiger partial charge in [-0.05, 0) is 36.8 Å². The second kappa shape index (κ2) is 8.22. The smallest absolute Gasteiger partial charge is 0.268 e. The van der Waals surface area contributed by atoms with Gasteiger partial charge in [-0.1, -0.05) is 6.07 Å². The van der Waals surface area contributed by atoms with Crippen LogP contribution in [0.25, 0.3) is 54.9 Å². The van der Waals surface area contributed by atoms with E-state index in [-0.39, 0.29) is 27.6 Å². The minimum Gasteiger partial charge on any atom is -0.268 e. The highest BCUT2D eigenvalue weighted by atomic mass is 19.4. The average molecular weight is 648 g/mol. The summed E-state index contributed by atoms with van der Waals surface area (Å²) in [5, 5.41) is -6.47. The first kappa shape index (κ1) is 28.8. The molecule has 0 aliphatic heterocycles. The molecule has 0 atom stereocenters. The number of imidazole rings is 2. The normalized spacial score (nSPS) is 14.1. The van der Waals surface area contributed by atoms with Crippen molar-refractivity contribution in [3.05, 3.63) is 78.9 Å². The largest absolute Gasteiger partial charge is 0.418 e. The van der Waals surface area contributed by atoms with Crippen molar-refractivity contribution in [2.24, 2.45) is 0 Å². The molecule has 0 fully saturated rings. The number of aromatic nitrogens is 4. The van der Waals surface area contributed by atoms with Crippen molar-refractivity contribution in [3.63, 3.8) is 0 Å². The minimum atomic E-state index is -5.73. The standard InChI is InChI=1S/C27H8F12N4O2/c1-7-2-3-10-11(4-7)42-20(40-10)13-15(22(42)44)18(27(37,38)39)14-16(17(13)26(34,35)36)23(45)43-12-6-8(24(28,29)30)5-9(25(31,32)33)19(12)41-21(14)43/h2-6H,1H3. The zero-order valence-corrected chi connectivity index (χ0v) is 21.5. The maximum atomic E-state index is 14.8. The fraction of sp³-hybridized carbons (Fsp3) is 0.185. The second-order valence-corrected chi connectivity index (χ2v) is 10.3. The van der Waals surface area contributed by atoms with Crippen LogP contribution in [0.4, 0.5) is 52.7 Å². The lowest BCUT2D eigenvalue weighted by Crippen LogP contribution is -2.18. The Morgan fingerprint density at radius 2 is 1.09 bits per heavy atom. The summed E-state index contributed by atoms with van der Waals surface area (Å²) < 4.78 is 172. The number of hydrogen-bond acceptors (Lipinski definition) is 4. The van der Waals surface area contributed by atoms with Gasteiger partial charge in [0.15, 0.2) is 0 Å². The fourth-order valence-corrected chi connectivity index (χ4v) is 5.90. The monoisotopic (exact) mass is 648 g/mol. The van der Waals surface area contributed by atoms with Gasteiger partial charge in [-0.3, -0.25) is 18.4 Å². The van der Waals surface area contributed by atoms with Crippen LogP contribution in [0.3, 0.4) is 0 Å². The van der Waals surface area contributed by atoms with Crippen LogP contribution >= 0.6 is 0 Å². The van der Waals surface area contributed by atoms with Gasteiger partial charge < -0.3 is 0 Å². The predicted molar refractivity (Wildman–Crippen MR) is 134 cm³/mol. The van der Waals surface area contributed by atoms with Crippen LogP contribution in [0.15, 0.2) is 39.9 Å². The van der Waals surface area contributed by atoms with Crippen LogP contribution in [0.2, 0.25) is 0 Å². The van der Waals surface area contributed by atoms with Gasteiger partial charge in [-0.15, -0.1) is 0 Å². The van der Waals surface area contributed by atoms with Gasteiger partial charge in [0.25, 0.3) is 11.1 Å². The molecule has 6 nitrogen and oxygen atoms in total. The third kappa shape index (κ3) is 3.73. The first-order valence-electron chi connectivity index (χ1n) is 12.3. The fourth-order valence-electron chi connectivity index (χ4n) is 5.90. The van der Waals surface area contributed by atoms with Crippen LogP contribution in [0.5, 0.6) is 0 Å². The summed E-state index contributed by atoms with van der Waals surface area (Å²) in [7, 11) is 0. The molecule has 0 radical (unpaired) electrons. The van der Waals surface area contributed by atoms with Crippen LogP contribution in [0.1, 0.15) is 27.8 Å². The second-order valence-electron chi connectivity index (χ2n) is 10.3. The van der Waals surface area contributed by atoms with Crippen LogP contribution in [-0.4, -0.2) is 18.8 Å². The average Bonchev–Trinajstić information content (AvgIpc) is 3.59. The Hall–Kier alpha value is -4.90. The van der Waals surface area contributed by atoms with Gasteiger partial charge in [0, 0.05) is 10.8 Å². The minimum absolute atomic E-state index is 0.0357. The molecule has 0 bridgehead atoms. The maximum absolute atomic E-state index is 14.8. The molecular formula is C27H8F12N4O2. The topological polar surface area (TPSA) is 68.7 Å². The van der Waals surface area contributed by atoms with E-state index < -0.39 is 102 Å². The third-order valence-electron chi connectivity index (χ3n) is 7.55. The number of alkyl halides is 12. The van der Waals surface area contributed by atoms with E-state index in [1.54, 1.807) is 0 Å². The van der Waals surface area contributed by atoms with E-state index in [0.717, 1.165) is 0 Å². The summed E-state index contributed by atoms with van der Waals surface area (Å²) in [5.41, 5.74) is -16.9. The zero-order chi connectivity index (χ0) is 32.9. The van der Waals surface area contributed by atoms with Gasteiger partial charge >= 0.3 is 24.7 Å². The number of benzene rings is 3. The molecule has 7 aromatic rings. The molecule has 3 aromatic carbocycles. The summed E-state index contributed by atoms with van der Waals surface area (Å²) in [5.74, 6) is 0. The Morgan fingerprint density at radius 3 is 1.58 bits per heavy atom. The van der Waals surface area contributed by atoms with Gasteiger partial charge in [0.1, 0.15) is 16.8 Å². The Bertz CT molecular complexity index is 2540. The van der Waals surface area contributed by atoms with Crippen molar-refractivity contribution in [2.45, 2.75) is 31.6 Å². The van der Waals surface area contributed by atoms with Crippen molar-refractivity contribution < 1.29 is 52.7 Å². The van der Waals surface area contributed by atoms with Crippen molar-refractivity contribution in [1.29, 1.82) is 0 Å². The molecule has 4 heterocycles. The molecule has 4 aromatic heterocycles. The highest BCUT2D eigenvalue weighted by Gasteiger charge is 2.47. The summed E-state index contributed by atoms with van der Waals surface area (Å²) in [6, 6.07) is 3.60. The van der Waals surface area contributed by atoms with Crippen LogP contribution < -0.4 is 11.1 Å². The lowest BCUT2D eigenvalue weighted by atomic mass is 9.95. The van der Waals surface area contributed by atoms with E-state index in [1.807, 2.05) is 0 Å². The van der Waals surface area contributed by atoms with Gasteiger partial charge in [0.2, 0.25) is 0 Å². The highest BCUT2D eigenvalue weighted by molar-refractivity contribution is 6.17. The summed E-state index contributed by atoms with van der Waals surface area (Å²) >= 11 is 0. The lowest BCUT2D eigenvalue weighted by Gasteiger charge is -2.15. The number of rotatable bonds is 0. The van der Waals surface area contributed by atoms with E-state index in [9.17, 15) is 62.3 Å². The van der Waals surface area contributed by atoms with E-state index in [0.29, 0.717) is 9.96 Å². The molecule has 0 unspecified atom stereocenters. The Morgan fingerprint density at radius 1 is 0.578 bits per heavy atom. The molecule has 45 heavy (non-hydrogen) atoms. The number of fused-ring (bicyclic) bond motifs is 10. The quantitative estimate of drug-likeness (QED) is 0.159. The maximum Gasteiger partial charge on any atom is 0.418 e. The van der Waals surface area contributed by atoms with Gasteiger partial charge in [-0.25, -0.2) is 9.97 Å². The van der Waals surface area contributed by atoms with Gasteiger partial charge in [0.05, 0.1) is 49.6 Å². The first-order valence-corrected chi connectivity index (χ1v) is 12.3. The Labute approximate surface area is 237 Å². The third-order valence-corrected chi connectivity index (χ3v) is 7.55. The van der Waals surface area contributed by atoms with Crippen molar-refractivity contribution in [1.82, 2.24) is 18.8 Å². The molecule has 0 amide bonds. The van der Waals surface area contributed by atoms with E-state index in [2.05, 4.69) is 9.97 Å². The summed E-state index contributed by atoms with van der Waals surface area (Å²) in [4.78, 5) is 34.5. The van der Waals surface area contributed by atoms with Crippen molar-refractivity contribution in [2.75, 3.05) is 0 Å². The predicted octanol–water partition coefficient (Wildman–Crippen LogP) is 7.57. The van der Waals surface area contributed by atoms with Gasteiger partial charge in [-0.2, -0.15) is 52.7 Å². The number of aryl methyl sites for hydroxylation is 1. The molecule has 0 spiro atoms. The van der Waals surface area contributed by atoms with E-state index in [1.165, 1.54) is 25.1 Å². The Balaban J connectivity index is 1.85. The molecule has 7 rings (SSSR count). The van der Waals surface area contributed by atoms with Crippen molar-refractivity contribution in [3.8, 4) is 0 Å². The van der Waals surface area contributed by atoms with Crippen molar-refractivity contribution >= 4 is 54.9 Å². The molecule has 232 valence electrons. The summed E-state index contributed by atoms with van der Waals surface area (Å²) in [6.45, 7) is 1.52. The Kier molecular flexibility index (Phi) is 5.27. The summed E-state index contributed by atoms with van der Waals surface area (Å²) in [6.07, 6.45) is -22.5. The van der Waals surface area contributed by atoms with E-state index in [4.69, 9.17) is 0 Å². The molecule has 0 saturated heterocycles. The first-order chi connectivity index (χ1) is 20.6. The van der Waals surface area contributed by atoms with Crippen LogP contribution in [-0.2, 0) is 24.7 Å². The molecule has 18 heteroatoms. The SMILES string of the molecule is Cc1ccc2nc3c4c(C(F)(F)F)c5c(=O)n6c7cc(C(F)(F)F)cc(C(F)(F)F)c7nc6c5c(C(F)(F)F)c4c(=O)n3c2c1. The lowest BCUT2D eigenvalue weighted by molar-refractivity contribution is -0.142. The molecular weight excluding hydrogens is 640 g/mol. The number of hydrogen-bond donors (Lipinski definition) is 0.